The maximum absolute atomic E-state index is 13.7. The van der Waals surface area contributed by atoms with E-state index in [2.05, 4.69) is 10.3 Å². The highest BCUT2D eigenvalue weighted by Crippen LogP contribution is 2.17. The summed E-state index contributed by atoms with van der Waals surface area (Å²) in [5.74, 6) is -1.31. The average molecular weight is 325 g/mol. The van der Waals surface area contributed by atoms with Crippen LogP contribution in [0.15, 0.2) is 41.2 Å². The van der Waals surface area contributed by atoms with Crippen LogP contribution in [0, 0.1) is 19.7 Å². The minimum atomic E-state index is -0.735. The molecule has 1 aromatic heterocycles. The predicted octanol–water partition coefficient (Wildman–Crippen LogP) is 2.94. The molecule has 0 aliphatic carbocycles. The average Bonchev–Trinajstić information content (AvgIpc) is 2.55. The van der Waals surface area contributed by atoms with Gasteiger partial charge in [0.25, 0.3) is 11.5 Å². The molecule has 0 spiro atoms. The number of anilines is 1. The van der Waals surface area contributed by atoms with Crippen LogP contribution in [-0.2, 0) is 7.05 Å². The van der Waals surface area contributed by atoms with Crippen LogP contribution in [0.1, 0.15) is 21.6 Å². The van der Waals surface area contributed by atoms with Crippen molar-refractivity contribution >= 4 is 22.6 Å². The number of rotatable bonds is 2. The quantitative estimate of drug-likeness (QED) is 0.788. The highest BCUT2D eigenvalue weighted by atomic mass is 19.1. The van der Waals surface area contributed by atoms with Gasteiger partial charge in [-0.25, -0.2) is 9.37 Å². The molecule has 24 heavy (non-hydrogen) atoms. The lowest BCUT2D eigenvalue weighted by atomic mass is 10.1. The number of hydrogen-bond acceptors (Lipinski definition) is 3. The van der Waals surface area contributed by atoms with Gasteiger partial charge in [0.05, 0.1) is 16.7 Å². The zero-order chi connectivity index (χ0) is 17.4. The second-order valence-electron chi connectivity index (χ2n) is 5.68. The van der Waals surface area contributed by atoms with Gasteiger partial charge in [-0.3, -0.25) is 9.59 Å². The SMILES string of the molecule is Cc1cc2nc(C(=O)Nc3ccccc3F)c(=O)n(C)c2cc1C. The summed E-state index contributed by atoms with van der Waals surface area (Å²) in [7, 11) is 1.58. The molecule has 5 nitrogen and oxygen atoms in total. The van der Waals surface area contributed by atoms with Crippen LogP contribution in [0.25, 0.3) is 11.0 Å². The molecule has 1 heterocycles. The lowest BCUT2D eigenvalue weighted by molar-refractivity contribution is 0.102. The molecule has 122 valence electrons. The number of para-hydroxylation sites is 1. The van der Waals surface area contributed by atoms with Crippen LogP contribution in [-0.4, -0.2) is 15.5 Å². The Morgan fingerprint density at radius 2 is 1.83 bits per heavy atom. The van der Waals surface area contributed by atoms with E-state index in [4.69, 9.17) is 0 Å². The van der Waals surface area contributed by atoms with Crippen LogP contribution in [0.2, 0.25) is 0 Å². The van der Waals surface area contributed by atoms with Gasteiger partial charge >= 0.3 is 0 Å². The molecule has 0 saturated heterocycles. The van der Waals surface area contributed by atoms with Gasteiger partial charge in [0.2, 0.25) is 0 Å². The van der Waals surface area contributed by atoms with Gasteiger partial charge in [-0.05, 0) is 49.2 Å². The number of nitrogens with zero attached hydrogens (tertiary/aromatic N) is 2. The standard InChI is InChI=1S/C18H16FN3O2/c1-10-8-14-15(9-11(10)2)22(3)18(24)16(20-14)17(23)21-13-7-5-4-6-12(13)19/h4-9H,1-3H3,(H,21,23). The van der Waals surface area contributed by atoms with Crippen LogP contribution in [0.5, 0.6) is 0 Å². The van der Waals surface area contributed by atoms with Crippen LogP contribution >= 0.6 is 0 Å². The fourth-order valence-corrected chi connectivity index (χ4v) is 2.47. The van der Waals surface area contributed by atoms with Crippen LogP contribution in [0.3, 0.4) is 0 Å². The monoisotopic (exact) mass is 325 g/mol. The summed E-state index contributed by atoms with van der Waals surface area (Å²) in [6, 6.07) is 9.45. The van der Waals surface area contributed by atoms with Crippen molar-refractivity contribution in [3.05, 3.63) is 69.4 Å². The van der Waals surface area contributed by atoms with E-state index in [0.717, 1.165) is 11.1 Å². The molecule has 2 aromatic carbocycles. The highest BCUT2D eigenvalue weighted by Gasteiger charge is 2.18. The molecule has 3 rings (SSSR count). The van der Waals surface area contributed by atoms with Gasteiger partial charge < -0.3 is 9.88 Å². The number of carbonyl (C=O) groups is 1. The number of aryl methyl sites for hydroxylation is 3. The Labute approximate surface area is 137 Å². The molecule has 0 radical (unpaired) electrons. The molecule has 0 aliphatic rings. The second kappa shape index (κ2) is 5.88. The maximum Gasteiger partial charge on any atom is 0.282 e. The largest absolute Gasteiger partial charge is 0.318 e. The third-order valence-electron chi connectivity index (χ3n) is 4.03. The second-order valence-corrected chi connectivity index (χ2v) is 5.68. The Morgan fingerprint density at radius 1 is 1.17 bits per heavy atom. The zero-order valence-electron chi connectivity index (χ0n) is 13.6. The van der Waals surface area contributed by atoms with E-state index >= 15 is 0 Å². The van der Waals surface area contributed by atoms with Crippen LogP contribution in [0.4, 0.5) is 10.1 Å². The Balaban J connectivity index is 2.11. The number of halogens is 1. The van der Waals surface area contributed by atoms with E-state index in [0.29, 0.717) is 11.0 Å². The lowest BCUT2D eigenvalue weighted by Crippen LogP contribution is -2.30. The highest BCUT2D eigenvalue weighted by molar-refractivity contribution is 6.03. The number of hydrogen-bond donors (Lipinski definition) is 1. The molecule has 3 aromatic rings. The predicted molar refractivity (Wildman–Crippen MR) is 90.8 cm³/mol. The summed E-state index contributed by atoms with van der Waals surface area (Å²) in [5.41, 5.74) is 2.43. The van der Waals surface area contributed by atoms with E-state index in [-0.39, 0.29) is 11.4 Å². The maximum atomic E-state index is 13.7. The van der Waals surface area contributed by atoms with Crippen molar-refractivity contribution in [1.82, 2.24) is 9.55 Å². The van der Waals surface area contributed by atoms with Gasteiger partial charge in [-0.15, -0.1) is 0 Å². The smallest absolute Gasteiger partial charge is 0.282 e. The molecule has 1 amide bonds. The first-order valence-corrected chi connectivity index (χ1v) is 7.42. The molecule has 0 fully saturated rings. The van der Waals surface area contributed by atoms with E-state index in [1.165, 1.54) is 22.8 Å². The van der Waals surface area contributed by atoms with Crippen molar-refractivity contribution in [1.29, 1.82) is 0 Å². The minimum Gasteiger partial charge on any atom is -0.318 e. The van der Waals surface area contributed by atoms with Gasteiger partial charge in [0.15, 0.2) is 5.69 Å². The zero-order valence-corrected chi connectivity index (χ0v) is 13.6. The van der Waals surface area contributed by atoms with Crippen molar-refractivity contribution in [3.8, 4) is 0 Å². The first kappa shape index (κ1) is 15.9. The molecule has 1 N–H and O–H groups in total. The molecular weight excluding hydrogens is 309 g/mol. The molecular formula is C18H16FN3O2. The first-order valence-electron chi connectivity index (χ1n) is 7.42. The molecule has 0 aliphatic heterocycles. The van der Waals surface area contributed by atoms with Gasteiger partial charge in [-0.2, -0.15) is 0 Å². The van der Waals surface area contributed by atoms with E-state index in [1.807, 2.05) is 26.0 Å². The fourth-order valence-electron chi connectivity index (χ4n) is 2.47. The number of nitrogens with one attached hydrogen (secondary N) is 1. The number of aromatic nitrogens is 2. The number of benzene rings is 2. The van der Waals surface area contributed by atoms with Crippen molar-refractivity contribution in [3.63, 3.8) is 0 Å². The Hall–Kier alpha value is -3.02. The number of fused-ring (bicyclic) bond motifs is 1. The lowest BCUT2D eigenvalue weighted by Gasteiger charge is -2.11. The van der Waals surface area contributed by atoms with Gasteiger partial charge in [0, 0.05) is 7.05 Å². The topological polar surface area (TPSA) is 64.0 Å². The summed E-state index contributed by atoms with van der Waals surface area (Å²) in [5, 5.41) is 2.40. The van der Waals surface area contributed by atoms with Crippen molar-refractivity contribution < 1.29 is 9.18 Å². The molecule has 0 bridgehead atoms. The summed E-state index contributed by atoms with van der Waals surface area (Å²) in [6.45, 7) is 3.87. The first-order chi connectivity index (χ1) is 11.4. The van der Waals surface area contributed by atoms with Crippen LogP contribution < -0.4 is 10.9 Å². The number of amides is 1. The summed E-state index contributed by atoms with van der Waals surface area (Å²) in [6.07, 6.45) is 0. The number of carbonyl (C=O) groups excluding carboxylic acids is 1. The Kier molecular flexibility index (Phi) is 3.89. The summed E-state index contributed by atoms with van der Waals surface area (Å²) < 4.78 is 15.1. The van der Waals surface area contributed by atoms with Crippen molar-refractivity contribution in [2.45, 2.75) is 13.8 Å². The van der Waals surface area contributed by atoms with Gasteiger partial charge in [-0.1, -0.05) is 12.1 Å². The summed E-state index contributed by atoms with van der Waals surface area (Å²) >= 11 is 0. The van der Waals surface area contributed by atoms with Gasteiger partial charge in [0.1, 0.15) is 5.82 Å². The molecule has 0 unspecified atom stereocenters. The molecule has 0 atom stereocenters. The normalized spacial score (nSPS) is 10.8. The van der Waals surface area contributed by atoms with E-state index in [1.54, 1.807) is 13.1 Å². The minimum absolute atomic E-state index is 0.00605. The molecule has 0 saturated carbocycles. The molecule has 6 heteroatoms. The van der Waals surface area contributed by atoms with E-state index < -0.39 is 17.3 Å². The Morgan fingerprint density at radius 3 is 2.54 bits per heavy atom. The fraction of sp³-hybridized carbons (Fsp3) is 0.167. The third kappa shape index (κ3) is 2.67. The van der Waals surface area contributed by atoms with Crippen molar-refractivity contribution in [2.24, 2.45) is 7.05 Å². The van der Waals surface area contributed by atoms with Crippen molar-refractivity contribution in [2.75, 3.05) is 5.32 Å². The van der Waals surface area contributed by atoms with E-state index in [9.17, 15) is 14.0 Å². The Bertz CT molecular complexity index is 1020. The third-order valence-corrected chi connectivity index (χ3v) is 4.03. The summed E-state index contributed by atoms with van der Waals surface area (Å²) in [4.78, 5) is 29.0.